The molecule has 0 radical (unpaired) electrons. The van der Waals surface area contributed by atoms with Crippen LogP contribution in [0.15, 0.2) is 24.3 Å². The summed E-state index contributed by atoms with van der Waals surface area (Å²) in [6, 6.07) is 8.22. The minimum absolute atomic E-state index is 0.0202. The van der Waals surface area contributed by atoms with Gasteiger partial charge in [0, 0.05) is 24.6 Å². The Balaban J connectivity index is 1.41. The summed E-state index contributed by atoms with van der Waals surface area (Å²) in [5.41, 5.74) is 0.803. The van der Waals surface area contributed by atoms with E-state index in [9.17, 15) is 9.59 Å². The summed E-state index contributed by atoms with van der Waals surface area (Å²) in [6.07, 6.45) is 1.16. The minimum atomic E-state index is -0.489. The molecular weight excluding hydrogens is 382 g/mol. The second-order valence-corrected chi connectivity index (χ2v) is 9.34. The lowest BCUT2D eigenvalue weighted by Crippen LogP contribution is -3.13. The van der Waals surface area contributed by atoms with Crippen molar-refractivity contribution in [3.05, 3.63) is 29.8 Å². The molecule has 30 heavy (non-hydrogen) atoms. The maximum Gasteiger partial charge on any atom is 0.410 e. The van der Waals surface area contributed by atoms with Crippen LogP contribution in [0, 0.1) is 5.92 Å². The molecular formula is C23H36N3O4+. The number of hydrogen-bond acceptors (Lipinski definition) is 4. The van der Waals surface area contributed by atoms with Gasteiger partial charge in [-0.15, -0.1) is 0 Å². The van der Waals surface area contributed by atoms with Crippen LogP contribution in [0.25, 0.3) is 0 Å². The van der Waals surface area contributed by atoms with Crippen molar-refractivity contribution >= 4 is 12.0 Å². The quantitative estimate of drug-likeness (QED) is 0.806. The number of methoxy groups -OCH3 is 1. The molecule has 2 amide bonds. The lowest BCUT2D eigenvalue weighted by atomic mass is 9.95. The van der Waals surface area contributed by atoms with Crippen LogP contribution in [0.4, 0.5) is 4.79 Å². The maximum absolute atomic E-state index is 13.0. The smallest absolute Gasteiger partial charge is 0.410 e. The molecule has 2 fully saturated rings. The Labute approximate surface area is 179 Å². The topological polar surface area (TPSA) is 63.5 Å². The van der Waals surface area contributed by atoms with E-state index in [1.165, 1.54) is 10.5 Å². The molecule has 1 N–H and O–H groups in total. The number of hydrogen-bond donors (Lipinski definition) is 1. The van der Waals surface area contributed by atoms with Crippen molar-refractivity contribution in [2.45, 2.75) is 45.8 Å². The predicted molar refractivity (Wildman–Crippen MR) is 115 cm³/mol. The van der Waals surface area contributed by atoms with Crippen molar-refractivity contribution in [1.29, 1.82) is 0 Å². The van der Waals surface area contributed by atoms with E-state index in [1.807, 2.05) is 37.8 Å². The molecule has 2 heterocycles. The van der Waals surface area contributed by atoms with Gasteiger partial charge in [-0.25, -0.2) is 4.79 Å². The first-order valence-corrected chi connectivity index (χ1v) is 11.0. The van der Waals surface area contributed by atoms with E-state index in [-0.39, 0.29) is 17.9 Å². The van der Waals surface area contributed by atoms with Crippen molar-refractivity contribution in [2.24, 2.45) is 5.92 Å². The molecule has 0 unspecified atom stereocenters. The van der Waals surface area contributed by atoms with E-state index in [0.717, 1.165) is 51.3 Å². The molecule has 1 aromatic carbocycles. The molecule has 166 valence electrons. The van der Waals surface area contributed by atoms with Crippen molar-refractivity contribution < 1.29 is 24.0 Å². The highest BCUT2D eigenvalue weighted by molar-refractivity contribution is 5.79. The van der Waals surface area contributed by atoms with E-state index < -0.39 is 5.60 Å². The van der Waals surface area contributed by atoms with Crippen LogP contribution in [0.1, 0.15) is 39.2 Å². The van der Waals surface area contributed by atoms with Gasteiger partial charge in [-0.3, -0.25) is 4.79 Å². The Kier molecular flexibility index (Phi) is 7.23. The van der Waals surface area contributed by atoms with Crippen LogP contribution in [0.2, 0.25) is 0 Å². The predicted octanol–water partition coefficient (Wildman–Crippen LogP) is 1.57. The van der Waals surface area contributed by atoms with Crippen LogP contribution in [0.5, 0.6) is 5.75 Å². The fourth-order valence-electron chi connectivity index (χ4n) is 4.15. The first-order valence-electron chi connectivity index (χ1n) is 11.0. The summed E-state index contributed by atoms with van der Waals surface area (Å²) in [5.74, 6) is 1.15. The third-order valence-electron chi connectivity index (χ3n) is 5.89. The molecule has 2 saturated heterocycles. The first-order chi connectivity index (χ1) is 14.2. The third-order valence-corrected chi connectivity index (χ3v) is 5.89. The van der Waals surface area contributed by atoms with E-state index in [2.05, 4.69) is 12.1 Å². The number of nitrogens with one attached hydrogen (secondary N) is 1. The number of nitrogens with zero attached hydrogens (tertiary/aromatic N) is 2. The van der Waals surface area contributed by atoms with Gasteiger partial charge < -0.3 is 24.2 Å². The number of piperidine rings is 1. The number of benzene rings is 1. The Morgan fingerprint density at radius 3 is 2.13 bits per heavy atom. The molecule has 0 aliphatic carbocycles. The summed E-state index contributed by atoms with van der Waals surface area (Å²) >= 11 is 0. The Hall–Kier alpha value is -2.28. The van der Waals surface area contributed by atoms with Crippen LogP contribution in [-0.4, -0.2) is 73.8 Å². The first kappa shape index (κ1) is 22.4. The number of carbonyl (C=O) groups excluding carboxylic acids is 2. The zero-order valence-electron chi connectivity index (χ0n) is 18.8. The maximum atomic E-state index is 13.0. The highest BCUT2D eigenvalue weighted by Crippen LogP contribution is 2.22. The fourth-order valence-corrected chi connectivity index (χ4v) is 4.15. The van der Waals surface area contributed by atoms with Crippen molar-refractivity contribution in [1.82, 2.24) is 9.80 Å². The molecule has 0 aromatic heterocycles. The molecule has 1 aromatic rings. The zero-order valence-corrected chi connectivity index (χ0v) is 18.8. The number of amides is 2. The number of quaternary nitrogens is 1. The minimum Gasteiger partial charge on any atom is -0.497 e. The molecule has 7 heteroatoms. The molecule has 3 rings (SSSR count). The van der Waals surface area contributed by atoms with E-state index >= 15 is 0 Å². The van der Waals surface area contributed by atoms with Gasteiger partial charge in [-0.2, -0.15) is 0 Å². The van der Waals surface area contributed by atoms with Crippen LogP contribution in [-0.2, 0) is 16.1 Å². The normalized spacial score (nSPS) is 18.9. The average Bonchev–Trinajstić information content (AvgIpc) is 2.73. The van der Waals surface area contributed by atoms with Crippen molar-refractivity contribution in [3.63, 3.8) is 0 Å². The summed E-state index contributed by atoms with van der Waals surface area (Å²) < 4.78 is 10.7. The number of piperazine rings is 1. The van der Waals surface area contributed by atoms with Crippen molar-refractivity contribution in [2.75, 3.05) is 46.4 Å². The molecule has 0 saturated carbocycles. The molecule has 0 spiro atoms. The van der Waals surface area contributed by atoms with Crippen LogP contribution < -0.4 is 9.64 Å². The lowest BCUT2D eigenvalue weighted by molar-refractivity contribution is -0.917. The highest BCUT2D eigenvalue weighted by Gasteiger charge is 2.33. The SMILES string of the molecule is COc1ccc(C[NH+]2CCN(C(=O)C3CCN(C(=O)OC(C)(C)C)CC3)CC2)cc1. The Morgan fingerprint density at radius 2 is 1.60 bits per heavy atom. The molecule has 0 atom stereocenters. The van der Waals surface area contributed by atoms with Gasteiger partial charge in [-0.1, -0.05) is 0 Å². The van der Waals surface area contributed by atoms with Gasteiger partial charge in [0.2, 0.25) is 5.91 Å². The van der Waals surface area contributed by atoms with Gasteiger partial charge in [0.15, 0.2) is 0 Å². The zero-order chi connectivity index (χ0) is 21.7. The molecule has 0 bridgehead atoms. The average molecular weight is 419 g/mol. The van der Waals surface area contributed by atoms with Gasteiger partial charge >= 0.3 is 6.09 Å². The molecule has 2 aliphatic heterocycles. The molecule has 2 aliphatic rings. The Morgan fingerprint density at radius 1 is 1.00 bits per heavy atom. The summed E-state index contributed by atoms with van der Waals surface area (Å²) in [7, 11) is 1.68. The summed E-state index contributed by atoms with van der Waals surface area (Å²) in [4.78, 5) is 30.4. The monoisotopic (exact) mass is 418 g/mol. The van der Waals surface area contributed by atoms with E-state index in [1.54, 1.807) is 12.0 Å². The second kappa shape index (κ2) is 9.69. The number of likely N-dealkylation sites (tertiary alicyclic amines) is 1. The summed E-state index contributed by atoms with van der Waals surface area (Å²) in [5, 5.41) is 0. The fraction of sp³-hybridized carbons (Fsp3) is 0.652. The largest absolute Gasteiger partial charge is 0.497 e. The lowest BCUT2D eigenvalue weighted by Gasteiger charge is -2.37. The van der Waals surface area contributed by atoms with E-state index in [0.29, 0.717) is 13.1 Å². The molecule has 7 nitrogen and oxygen atoms in total. The number of rotatable bonds is 4. The van der Waals surface area contributed by atoms with Crippen LogP contribution >= 0.6 is 0 Å². The summed E-state index contributed by atoms with van der Waals surface area (Å²) in [6.45, 7) is 11.3. The standard InChI is InChI=1S/C23H35N3O4/c1-23(2,3)30-22(28)26-11-9-19(10-12-26)21(27)25-15-13-24(14-16-25)17-18-5-7-20(29-4)8-6-18/h5-8,19H,9-17H2,1-4H3/p+1. The van der Waals surface area contributed by atoms with Crippen molar-refractivity contribution in [3.8, 4) is 5.75 Å². The van der Waals surface area contributed by atoms with Crippen LogP contribution in [0.3, 0.4) is 0 Å². The van der Waals surface area contributed by atoms with Gasteiger partial charge in [0.05, 0.1) is 33.3 Å². The Bertz CT molecular complexity index is 713. The number of ether oxygens (including phenoxy) is 2. The number of carbonyl (C=O) groups is 2. The highest BCUT2D eigenvalue weighted by atomic mass is 16.6. The van der Waals surface area contributed by atoms with Gasteiger partial charge in [0.1, 0.15) is 17.9 Å². The third kappa shape index (κ3) is 6.11. The second-order valence-electron chi connectivity index (χ2n) is 9.34. The van der Waals surface area contributed by atoms with E-state index in [4.69, 9.17) is 9.47 Å². The van der Waals surface area contributed by atoms with Gasteiger partial charge in [0.25, 0.3) is 0 Å². The van der Waals surface area contributed by atoms with Gasteiger partial charge in [-0.05, 0) is 57.9 Å².